The van der Waals surface area contributed by atoms with Gasteiger partial charge >= 0.3 is 0 Å². The molecule has 0 bridgehead atoms. The maximum absolute atomic E-state index is 13.9. The smallest absolute Gasteiger partial charge is 0.261 e. The number of nitrogens with zero attached hydrogens (tertiary/aromatic N) is 1. The van der Waals surface area contributed by atoms with Crippen LogP contribution >= 0.6 is 11.3 Å². The highest BCUT2D eigenvalue weighted by molar-refractivity contribution is 7.12. The van der Waals surface area contributed by atoms with Gasteiger partial charge in [-0.1, -0.05) is 38.1 Å². The second-order valence-electron chi connectivity index (χ2n) is 10.6. The fourth-order valence-electron chi connectivity index (χ4n) is 4.25. The molecule has 3 rings (SSSR count). The van der Waals surface area contributed by atoms with E-state index in [4.69, 9.17) is 9.47 Å². The topological polar surface area (TPSA) is 97.0 Å². The fourth-order valence-corrected chi connectivity index (χ4v) is 4.89. The van der Waals surface area contributed by atoms with Crippen LogP contribution in [-0.4, -0.2) is 44.0 Å². The van der Waals surface area contributed by atoms with Crippen molar-refractivity contribution in [3.05, 3.63) is 76.0 Å². The molecule has 2 aromatic carbocycles. The molecule has 0 saturated heterocycles. The number of hydrogen-bond acceptors (Lipinski definition) is 6. The number of carbonyl (C=O) groups excluding carboxylic acids is 3. The van der Waals surface area contributed by atoms with Gasteiger partial charge in [0.05, 0.1) is 25.6 Å². The minimum Gasteiger partial charge on any atom is -0.493 e. The van der Waals surface area contributed by atoms with Crippen LogP contribution < -0.4 is 25.0 Å². The Balaban J connectivity index is 2.11. The van der Waals surface area contributed by atoms with Gasteiger partial charge in [0.1, 0.15) is 6.04 Å². The van der Waals surface area contributed by atoms with Crippen molar-refractivity contribution in [3.63, 3.8) is 0 Å². The Kier molecular flexibility index (Phi) is 10.3. The molecule has 3 aromatic rings. The van der Waals surface area contributed by atoms with E-state index in [9.17, 15) is 14.4 Å². The monoisotopic (exact) mass is 565 g/mol. The van der Waals surface area contributed by atoms with Crippen LogP contribution in [0.25, 0.3) is 0 Å². The summed E-state index contributed by atoms with van der Waals surface area (Å²) < 4.78 is 10.9. The van der Waals surface area contributed by atoms with Crippen molar-refractivity contribution in [2.45, 2.75) is 58.5 Å². The van der Waals surface area contributed by atoms with E-state index < -0.39 is 17.5 Å². The molecule has 0 aliphatic heterocycles. The third-order valence-corrected chi connectivity index (χ3v) is 7.36. The molecule has 3 amide bonds. The summed E-state index contributed by atoms with van der Waals surface area (Å²) in [5.41, 5.74) is 1.63. The summed E-state index contributed by atoms with van der Waals surface area (Å²) in [6, 6.07) is 15.2. The SMILES string of the molecule is CC[C@H](C)c1ccc(N(C(=O)CNC(=O)c2cccs2)[C@H](C(=O)NC(C)(C)C)c2ccc(OC)c(OC)c2)cc1. The van der Waals surface area contributed by atoms with Gasteiger partial charge in [-0.2, -0.15) is 0 Å². The van der Waals surface area contributed by atoms with E-state index in [0.29, 0.717) is 33.5 Å². The normalized spacial score (nSPS) is 12.7. The van der Waals surface area contributed by atoms with E-state index in [1.165, 1.54) is 30.5 Å². The number of amides is 3. The minimum atomic E-state index is -1.06. The summed E-state index contributed by atoms with van der Waals surface area (Å²) in [7, 11) is 3.05. The minimum absolute atomic E-state index is 0.295. The zero-order valence-electron chi connectivity index (χ0n) is 24.2. The van der Waals surface area contributed by atoms with Crippen molar-refractivity contribution < 1.29 is 23.9 Å². The lowest BCUT2D eigenvalue weighted by Gasteiger charge is -2.34. The average Bonchev–Trinajstić information content (AvgIpc) is 3.48. The van der Waals surface area contributed by atoms with Crippen molar-refractivity contribution in [1.29, 1.82) is 0 Å². The molecule has 1 heterocycles. The van der Waals surface area contributed by atoms with Gasteiger partial charge in [-0.25, -0.2) is 0 Å². The first-order chi connectivity index (χ1) is 19.0. The van der Waals surface area contributed by atoms with E-state index >= 15 is 0 Å². The Labute approximate surface area is 240 Å². The van der Waals surface area contributed by atoms with E-state index in [-0.39, 0.29) is 18.4 Å². The molecule has 1 aromatic heterocycles. The van der Waals surface area contributed by atoms with Gasteiger partial charge in [-0.3, -0.25) is 19.3 Å². The second-order valence-corrected chi connectivity index (χ2v) is 11.5. The molecule has 0 spiro atoms. The predicted octanol–water partition coefficient (Wildman–Crippen LogP) is 5.70. The molecule has 0 unspecified atom stereocenters. The summed E-state index contributed by atoms with van der Waals surface area (Å²) >= 11 is 1.29. The zero-order chi connectivity index (χ0) is 29.4. The van der Waals surface area contributed by atoms with Crippen LogP contribution in [0.2, 0.25) is 0 Å². The number of methoxy groups -OCH3 is 2. The van der Waals surface area contributed by atoms with E-state index in [1.54, 1.807) is 35.7 Å². The van der Waals surface area contributed by atoms with Gasteiger partial charge in [-0.05, 0) is 79.9 Å². The highest BCUT2D eigenvalue weighted by atomic mass is 32.1. The molecule has 0 saturated carbocycles. The van der Waals surface area contributed by atoms with Crippen LogP contribution in [0.4, 0.5) is 5.69 Å². The molecule has 0 fully saturated rings. The van der Waals surface area contributed by atoms with Crippen LogP contribution in [0.5, 0.6) is 11.5 Å². The molecule has 0 aliphatic rings. The van der Waals surface area contributed by atoms with Crippen molar-refractivity contribution >= 4 is 34.7 Å². The molecular formula is C31H39N3O5S. The lowest BCUT2D eigenvalue weighted by atomic mass is 9.97. The molecule has 2 atom stereocenters. The van der Waals surface area contributed by atoms with Crippen LogP contribution in [0, 0.1) is 0 Å². The molecule has 40 heavy (non-hydrogen) atoms. The average molecular weight is 566 g/mol. The summed E-state index contributed by atoms with van der Waals surface area (Å²) in [6.07, 6.45) is 0.971. The van der Waals surface area contributed by atoms with Crippen molar-refractivity contribution in [2.24, 2.45) is 0 Å². The molecule has 2 N–H and O–H groups in total. The quantitative estimate of drug-likeness (QED) is 0.311. The van der Waals surface area contributed by atoms with Gasteiger partial charge in [0.2, 0.25) is 11.8 Å². The van der Waals surface area contributed by atoms with Crippen LogP contribution in [0.1, 0.15) is 73.8 Å². The Morgan fingerprint density at radius 3 is 2.15 bits per heavy atom. The van der Waals surface area contributed by atoms with Crippen molar-refractivity contribution in [3.8, 4) is 11.5 Å². The highest BCUT2D eigenvalue weighted by Crippen LogP contribution is 2.35. The Morgan fingerprint density at radius 2 is 1.60 bits per heavy atom. The molecule has 8 nitrogen and oxygen atoms in total. The van der Waals surface area contributed by atoms with Crippen LogP contribution in [0.3, 0.4) is 0 Å². The molecular weight excluding hydrogens is 526 g/mol. The van der Waals surface area contributed by atoms with Gasteiger partial charge in [0, 0.05) is 11.2 Å². The third kappa shape index (κ3) is 7.63. The number of benzene rings is 2. The second kappa shape index (κ2) is 13.5. The highest BCUT2D eigenvalue weighted by Gasteiger charge is 2.35. The lowest BCUT2D eigenvalue weighted by Crippen LogP contribution is -2.51. The Morgan fingerprint density at radius 1 is 0.950 bits per heavy atom. The van der Waals surface area contributed by atoms with E-state index in [0.717, 1.165) is 12.0 Å². The largest absolute Gasteiger partial charge is 0.493 e. The molecule has 9 heteroatoms. The fraction of sp³-hybridized carbons (Fsp3) is 0.387. The Hall–Kier alpha value is -3.85. The molecule has 0 aliphatic carbocycles. The first kappa shape index (κ1) is 30.7. The zero-order valence-corrected chi connectivity index (χ0v) is 25.1. The summed E-state index contributed by atoms with van der Waals surface area (Å²) in [5, 5.41) is 7.53. The molecule has 214 valence electrons. The third-order valence-electron chi connectivity index (χ3n) is 6.49. The lowest BCUT2D eigenvalue weighted by molar-refractivity contribution is -0.127. The van der Waals surface area contributed by atoms with Crippen LogP contribution in [-0.2, 0) is 9.59 Å². The number of thiophene rings is 1. The maximum atomic E-state index is 13.9. The summed E-state index contributed by atoms with van der Waals surface area (Å²) in [5.74, 6) is 0.111. The molecule has 0 radical (unpaired) electrons. The van der Waals surface area contributed by atoms with Crippen molar-refractivity contribution in [1.82, 2.24) is 10.6 Å². The van der Waals surface area contributed by atoms with E-state index in [2.05, 4.69) is 24.5 Å². The first-order valence-electron chi connectivity index (χ1n) is 13.3. The number of ether oxygens (including phenoxy) is 2. The maximum Gasteiger partial charge on any atom is 0.261 e. The number of rotatable bonds is 11. The van der Waals surface area contributed by atoms with Gasteiger partial charge in [0.25, 0.3) is 5.91 Å². The van der Waals surface area contributed by atoms with Crippen molar-refractivity contribution in [2.75, 3.05) is 25.7 Å². The summed E-state index contributed by atoms with van der Waals surface area (Å²) in [6.45, 7) is 9.60. The number of hydrogen-bond donors (Lipinski definition) is 2. The predicted molar refractivity (Wildman–Crippen MR) is 159 cm³/mol. The Bertz CT molecular complexity index is 1300. The van der Waals surface area contributed by atoms with Gasteiger partial charge in [0.15, 0.2) is 11.5 Å². The summed E-state index contributed by atoms with van der Waals surface area (Å²) in [4.78, 5) is 42.4. The number of anilines is 1. The number of nitrogens with one attached hydrogen (secondary N) is 2. The van der Waals surface area contributed by atoms with Crippen LogP contribution in [0.15, 0.2) is 60.0 Å². The number of carbonyl (C=O) groups is 3. The first-order valence-corrected chi connectivity index (χ1v) is 14.1. The standard InChI is InChI=1S/C31H39N3O5S/c1-8-20(2)21-11-14-23(15-12-21)34(27(35)19-32-29(36)26-10-9-17-40-26)28(30(37)33-31(3,4)5)22-13-16-24(38-6)25(18-22)39-7/h9-18,20,28H,8,19H2,1-7H3,(H,32,36)(H,33,37)/t20-,28-/m0/s1. The van der Waals surface area contributed by atoms with E-state index in [1.807, 2.05) is 45.0 Å². The van der Waals surface area contributed by atoms with Gasteiger partial charge < -0.3 is 20.1 Å². The van der Waals surface area contributed by atoms with Gasteiger partial charge in [-0.15, -0.1) is 11.3 Å².